The van der Waals surface area contributed by atoms with Gasteiger partial charge >= 0.3 is 29.6 Å². The van der Waals surface area contributed by atoms with Crippen LogP contribution in [0, 0.1) is 0 Å². The summed E-state index contributed by atoms with van der Waals surface area (Å²) in [6.07, 6.45) is 11.1. The Labute approximate surface area is 199 Å². The van der Waals surface area contributed by atoms with Gasteiger partial charge in [0.1, 0.15) is 0 Å². The zero-order valence-corrected chi connectivity index (χ0v) is 21.7. The van der Waals surface area contributed by atoms with Gasteiger partial charge in [-0.15, -0.1) is 0 Å². The molecule has 0 aliphatic heterocycles. The Morgan fingerprint density at radius 3 is 1.55 bits per heavy atom. The zero-order chi connectivity index (χ0) is 21.9. The minimum Gasteiger partial charge on any atom is -0.748 e. The van der Waals surface area contributed by atoms with Crippen molar-refractivity contribution in [2.45, 2.75) is 71.1 Å². The van der Waals surface area contributed by atoms with Gasteiger partial charge in [0, 0.05) is 19.5 Å². The van der Waals surface area contributed by atoms with E-state index in [0.717, 1.165) is 19.3 Å². The summed E-state index contributed by atoms with van der Waals surface area (Å²) in [5, 5.41) is 4.99. The molecule has 0 aliphatic rings. The predicted molar refractivity (Wildman–Crippen MR) is 108 cm³/mol. The smallest absolute Gasteiger partial charge is 0.748 e. The molecule has 0 aliphatic carbocycles. The molecule has 0 bridgehead atoms. The SMILES string of the molecule is CCCCCCCCCCCC(=O)NCCS(=O)(=O)[O-].CNCCS(=O)(=O)[O-].[Na+]. The monoisotopic (exact) mass is 467 g/mol. The maximum absolute atomic E-state index is 11.3. The summed E-state index contributed by atoms with van der Waals surface area (Å²) in [7, 11) is -6.64. The van der Waals surface area contributed by atoms with Crippen molar-refractivity contribution in [2.24, 2.45) is 0 Å². The molecule has 0 spiro atoms. The number of amides is 1. The molecule has 0 atom stereocenters. The molecule has 0 saturated carbocycles. The third kappa shape index (κ3) is 36.0. The standard InChI is InChI=1S/C14H29NO4S.C3H9NO3S.Na/c1-2-3-4-5-6-7-8-9-10-11-14(16)15-12-13-20(17,18)19;1-4-2-3-8(5,6)7;/h2-13H2,1H3,(H,15,16)(H,17,18,19);4H,2-3H2,1H3,(H,5,6,7);/q;;+1/p-2. The van der Waals surface area contributed by atoms with Crippen molar-refractivity contribution in [3.8, 4) is 0 Å². The summed E-state index contributed by atoms with van der Waals surface area (Å²) in [5.74, 6) is -1.03. The number of unbranched alkanes of at least 4 members (excludes halogenated alkanes) is 8. The Balaban J connectivity index is -0.000000636. The molecule has 0 radical (unpaired) electrons. The van der Waals surface area contributed by atoms with Gasteiger partial charge in [-0.2, -0.15) is 0 Å². The van der Waals surface area contributed by atoms with Crippen molar-refractivity contribution in [1.82, 2.24) is 10.6 Å². The Kier molecular flexibility index (Phi) is 25.1. The van der Waals surface area contributed by atoms with Crippen LogP contribution < -0.4 is 40.2 Å². The van der Waals surface area contributed by atoms with Crippen LogP contribution in [0.25, 0.3) is 0 Å². The number of nitrogens with one attached hydrogen (secondary N) is 2. The minimum absolute atomic E-state index is 0. The van der Waals surface area contributed by atoms with Crippen LogP contribution in [0.15, 0.2) is 0 Å². The molecule has 0 aromatic rings. The number of carbonyl (C=O) groups is 1. The van der Waals surface area contributed by atoms with Gasteiger partial charge in [0.2, 0.25) is 5.91 Å². The van der Waals surface area contributed by atoms with E-state index in [1.165, 1.54) is 38.5 Å². The molecular weight excluding hydrogens is 431 g/mol. The van der Waals surface area contributed by atoms with E-state index >= 15 is 0 Å². The van der Waals surface area contributed by atoms with Gasteiger partial charge in [-0.05, 0) is 13.5 Å². The van der Waals surface area contributed by atoms with Gasteiger partial charge in [0.15, 0.2) is 0 Å². The fourth-order valence-electron chi connectivity index (χ4n) is 2.23. The van der Waals surface area contributed by atoms with Crippen molar-refractivity contribution < 1.29 is 60.3 Å². The Bertz CT molecular complexity index is 585. The van der Waals surface area contributed by atoms with E-state index in [1.807, 2.05) is 0 Å². The summed E-state index contributed by atoms with van der Waals surface area (Å²) < 4.78 is 60.4. The molecule has 0 heterocycles. The molecule has 1 amide bonds. The van der Waals surface area contributed by atoms with E-state index in [4.69, 9.17) is 0 Å². The van der Waals surface area contributed by atoms with Gasteiger partial charge in [-0.1, -0.05) is 58.3 Å². The second kappa shape index (κ2) is 21.5. The average Bonchev–Trinajstić information content (AvgIpc) is 2.57. The largest absolute Gasteiger partial charge is 1.00 e. The van der Waals surface area contributed by atoms with E-state index in [1.54, 1.807) is 7.05 Å². The van der Waals surface area contributed by atoms with E-state index in [-0.39, 0.29) is 54.3 Å². The number of rotatable bonds is 16. The first-order valence-corrected chi connectivity index (χ1v) is 13.0. The van der Waals surface area contributed by atoms with Crippen LogP contribution in [0.3, 0.4) is 0 Å². The summed E-state index contributed by atoms with van der Waals surface area (Å²) in [6.45, 7) is 2.35. The van der Waals surface area contributed by atoms with E-state index in [9.17, 15) is 30.7 Å². The average molecular weight is 468 g/mol. The molecule has 12 heteroatoms. The van der Waals surface area contributed by atoms with Crippen LogP contribution in [0.5, 0.6) is 0 Å². The Morgan fingerprint density at radius 1 is 0.759 bits per heavy atom. The van der Waals surface area contributed by atoms with Gasteiger partial charge in [0.25, 0.3) is 0 Å². The minimum atomic E-state index is -4.23. The maximum atomic E-state index is 11.3. The van der Waals surface area contributed by atoms with Crippen LogP contribution in [0.1, 0.15) is 71.1 Å². The summed E-state index contributed by atoms with van der Waals surface area (Å²) in [4.78, 5) is 11.3. The van der Waals surface area contributed by atoms with Crippen molar-refractivity contribution in [2.75, 3.05) is 31.6 Å². The molecule has 0 fully saturated rings. The van der Waals surface area contributed by atoms with Crippen LogP contribution in [0.2, 0.25) is 0 Å². The van der Waals surface area contributed by atoms with E-state index in [0.29, 0.717) is 6.42 Å². The number of hydrogen-bond acceptors (Lipinski definition) is 8. The normalized spacial score (nSPS) is 11.2. The van der Waals surface area contributed by atoms with Crippen molar-refractivity contribution in [3.05, 3.63) is 0 Å². The quantitative estimate of drug-likeness (QED) is 0.155. The molecule has 0 aromatic heterocycles. The van der Waals surface area contributed by atoms with Gasteiger partial charge in [0.05, 0.1) is 31.7 Å². The molecule has 9 nitrogen and oxygen atoms in total. The van der Waals surface area contributed by atoms with Gasteiger partial charge in [-0.25, -0.2) is 16.8 Å². The Morgan fingerprint density at radius 2 is 1.17 bits per heavy atom. The molecule has 0 unspecified atom stereocenters. The first kappa shape index (κ1) is 33.9. The summed E-state index contributed by atoms with van der Waals surface area (Å²) >= 11 is 0. The zero-order valence-electron chi connectivity index (χ0n) is 18.1. The maximum Gasteiger partial charge on any atom is 1.00 e. The summed E-state index contributed by atoms with van der Waals surface area (Å²) in [5.41, 5.74) is 0. The first-order valence-electron chi connectivity index (χ1n) is 9.80. The second-order valence-corrected chi connectivity index (χ2v) is 9.60. The van der Waals surface area contributed by atoms with E-state index < -0.39 is 26.0 Å². The third-order valence-electron chi connectivity index (χ3n) is 3.78. The van der Waals surface area contributed by atoms with Gasteiger partial charge in [-0.3, -0.25) is 4.79 Å². The first-order chi connectivity index (χ1) is 13.0. The van der Waals surface area contributed by atoms with E-state index in [2.05, 4.69) is 17.6 Å². The molecule has 29 heavy (non-hydrogen) atoms. The van der Waals surface area contributed by atoms with Crippen LogP contribution in [-0.2, 0) is 25.0 Å². The van der Waals surface area contributed by atoms with Crippen LogP contribution in [0.4, 0.5) is 0 Å². The molecule has 0 rings (SSSR count). The predicted octanol–water partition coefficient (Wildman–Crippen LogP) is -1.68. The van der Waals surface area contributed by atoms with Gasteiger partial charge < -0.3 is 19.7 Å². The fraction of sp³-hybridized carbons (Fsp3) is 0.941. The molecule has 0 aromatic carbocycles. The number of carbonyl (C=O) groups excluding carboxylic acids is 1. The molecular formula is C17H36N2NaO7S2-. The number of hydrogen-bond donors (Lipinski definition) is 2. The molecule has 0 saturated heterocycles. The third-order valence-corrected chi connectivity index (χ3v) is 5.19. The van der Waals surface area contributed by atoms with Crippen LogP contribution >= 0.6 is 0 Å². The molecule has 170 valence electrons. The van der Waals surface area contributed by atoms with Crippen molar-refractivity contribution >= 4 is 26.1 Å². The van der Waals surface area contributed by atoms with Crippen molar-refractivity contribution in [3.63, 3.8) is 0 Å². The fourth-order valence-corrected chi connectivity index (χ4v) is 3.03. The topological polar surface area (TPSA) is 156 Å². The second-order valence-electron chi connectivity index (χ2n) is 6.56. The Hall–Kier alpha value is 0.250. The van der Waals surface area contributed by atoms with Crippen LogP contribution in [-0.4, -0.2) is 63.5 Å². The van der Waals surface area contributed by atoms with Crippen molar-refractivity contribution in [1.29, 1.82) is 0 Å². The molecule has 2 N–H and O–H groups in total. The summed E-state index contributed by atoms with van der Waals surface area (Å²) in [6, 6.07) is 0.